The van der Waals surface area contributed by atoms with Gasteiger partial charge in [0, 0.05) is 13.1 Å². The number of anilines is 2. The van der Waals surface area contributed by atoms with Gasteiger partial charge in [0.05, 0.1) is 5.69 Å². The third-order valence-electron chi connectivity index (χ3n) is 3.31. The highest BCUT2D eigenvalue weighted by Gasteiger charge is 2.15. The lowest BCUT2D eigenvalue weighted by Crippen LogP contribution is -2.29. The number of hydrogen-bond donors (Lipinski definition) is 2. The lowest BCUT2D eigenvalue weighted by Gasteiger charge is -2.27. The van der Waals surface area contributed by atoms with Gasteiger partial charge >= 0.3 is 0 Å². The zero-order chi connectivity index (χ0) is 13.0. The topological polar surface area (TPSA) is 85.2 Å². The van der Waals surface area contributed by atoms with Gasteiger partial charge in [-0.3, -0.25) is 4.79 Å². The minimum atomic E-state index is -0.511. The zero-order valence-electron chi connectivity index (χ0n) is 10.6. The molecule has 18 heavy (non-hydrogen) atoms. The van der Waals surface area contributed by atoms with E-state index in [1.807, 2.05) is 0 Å². The molecule has 1 amide bonds. The molecule has 0 saturated carbocycles. The summed E-state index contributed by atoms with van der Waals surface area (Å²) in [5.41, 5.74) is 12.1. The number of nitrogens with zero attached hydrogens (tertiary/aromatic N) is 2. The molecule has 5 nitrogen and oxygen atoms in total. The van der Waals surface area contributed by atoms with Crippen molar-refractivity contribution in [2.45, 2.75) is 32.1 Å². The molecule has 5 heteroatoms. The summed E-state index contributed by atoms with van der Waals surface area (Å²) >= 11 is 0. The number of aromatic nitrogens is 1. The van der Waals surface area contributed by atoms with Crippen LogP contribution in [0.4, 0.5) is 11.5 Å². The molecule has 98 valence electrons. The molecule has 0 aromatic carbocycles. The Kier molecular flexibility index (Phi) is 4.02. The number of hydrogen-bond acceptors (Lipinski definition) is 4. The van der Waals surface area contributed by atoms with Gasteiger partial charge in [0.1, 0.15) is 5.69 Å². The van der Waals surface area contributed by atoms with Crippen LogP contribution in [0.25, 0.3) is 0 Å². The summed E-state index contributed by atoms with van der Waals surface area (Å²) in [6.07, 6.45) is 6.07. The second-order valence-corrected chi connectivity index (χ2v) is 4.73. The van der Waals surface area contributed by atoms with Gasteiger partial charge in [0.25, 0.3) is 5.91 Å². The van der Waals surface area contributed by atoms with Gasteiger partial charge in [0.2, 0.25) is 0 Å². The van der Waals surface area contributed by atoms with E-state index in [-0.39, 0.29) is 5.69 Å². The van der Waals surface area contributed by atoms with Crippen molar-refractivity contribution in [1.29, 1.82) is 0 Å². The van der Waals surface area contributed by atoms with E-state index < -0.39 is 5.91 Å². The number of amides is 1. The second-order valence-electron chi connectivity index (χ2n) is 4.73. The van der Waals surface area contributed by atoms with Gasteiger partial charge in [-0.25, -0.2) is 4.98 Å². The number of carbonyl (C=O) groups excluding carboxylic acids is 1. The molecule has 0 aliphatic carbocycles. The molecule has 0 radical (unpaired) electrons. The molecule has 4 N–H and O–H groups in total. The van der Waals surface area contributed by atoms with Crippen molar-refractivity contribution in [3.63, 3.8) is 0 Å². The van der Waals surface area contributed by atoms with Gasteiger partial charge in [-0.15, -0.1) is 0 Å². The van der Waals surface area contributed by atoms with E-state index in [4.69, 9.17) is 11.5 Å². The monoisotopic (exact) mass is 248 g/mol. The van der Waals surface area contributed by atoms with Crippen LogP contribution in [-0.4, -0.2) is 24.0 Å². The molecule has 1 fully saturated rings. The zero-order valence-corrected chi connectivity index (χ0v) is 10.6. The number of primary amides is 1. The first-order valence-electron chi connectivity index (χ1n) is 6.50. The van der Waals surface area contributed by atoms with E-state index >= 15 is 0 Å². The number of pyridine rings is 1. The first-order valence-corrected chi connectivity index (χ1v) is 6.50. The summed E-state index contributed by atoms with van der Waals surface area (Å²) < 4.78 is 0. The Morgan fingerprint density at radius 1 is 1.11 bits per heavy atom. The number of nitrogen functional groups attached to an aromatic ring is 1. The molecule has 1 aromatic rings. The van der Waals surface area contributed by atoms with Crippen LogP contribution < -0.4 is 16.4 Å². The average Bonchev–Trinajstić information content (AvgIpc) is 2.29. The molecule has 0 unspecified atom stereocenters. The fourth-order valence-corrected chi connectivity index (χ4v) is 2.31. The molecule has 0 bridgehead atoms. The van der Waals surface area contributed by atoms with Gasteiger partial charge in [-0.2, -0.15) is 0 Å². The number of carbonyl (C=O) groups is 1. The van der Waals surface area contributed by atoms with Crippen molar-refractivity contribution >= 4 is 17.4 Å². The van der Waals surface area contributed by atoms with Crippen molar-refractivity contribution in [1.82, 2.24) is 4.98 Å². The molecular weight excluding hydrogens is 228 g/mol. The predicted molar refractivity (Wildman–Crippen MR) is 72.5 cm³/mol. The predicted octanol–water partition coefficient (Wildman–Crippen LogP) is 1.53. The van der Waals surface area contributed by atoms with Crippen molar-refractivity contribution in [3.05, 3.63) is 17.8 Å². The van der Waals surface area contributed by atoms with Crippen molar-refractivity contribution in [2.24, 2.45) is 5.73 Å². The van der Waals surface area contributed by atoms with E-state index in [0.717, 1.165) is 25.9 Å². The van der Waals surface area contributed by atoms with Crippen LogP contribution in [-0.2, 0) is 0 Å². The molecule has 1 saturated heterocycles. The number of nitrogens with two attached hydrogens (primary N) is 2. The maximum Gasteiger partial charge on any atom is 0.267 e. The molecular formula is C13H20N4O. The Balaban J connectivity index is 2.23. The Hall–Kier alpha value is -1.78. The highest BCUT2D eigenvalue weighted by molar-refractivity contribution is 5.91. The number of rotatable bonds is 2. The maximum absolute atomic E-state index is 11.2. The van der Waals surface area contributed by atoms with Crippen LogP contribution in [0.5, 0.6) is 0 Å². The van der Waals surface area contributed by atoms with Crippen LogP contribution in [0.15, 0.2) is 12.1 Å². The first-order chi connectivity index (χ1) is 8.68. The Bertz CT molecular complexity index is 425. The summed E-state index contributed by atoms with van der Waals surface area (Å²) in [6, 6.07) is 3.28. The maximum atomic E-state index is 11.2. The third kappa shape index (κ3) is 2.91. The SMILES string of the molecule is NC(=O)c1ccc(N)c(N2CCCCCCC2)n1. The molecule has 1 aliphatic rings. The quantitative estimate of drug-likeness (QED) is 0.831. The van der Waals surface area contributed by atoms with Crippen molar-refractivity contribution in [3.8, 4) is 0 Å². The van der Waals surface area contributed by atoms with Crippen LogP contribution in [0, 0.1) is 0 Å². The van der Waals surface area contributed by atoms with Crippen molar-refractivity contribution < 1.29 is 4.79 Å². The smallest absolute Gasteiger partial charge is 0.267 e. The van der Waals surface area contributed by atoms with Crippen LogP contribution >= 0.6 is 0 Å². The van der Waals surface area contributed by atoms with Crippen LogP contribution in [0.1, 0.15) is 42.6 Å². The van der Waals surface area contributed by atoms with Crippen molar-refractivity contribution in [2.75, 3.05) is 23.7 Å². The van der Waals surface area contributed by atoms with Gasteiger partial charge in [-0.1, -0.05) is 19.3 Å². The first kappa shape index (κ1) is 12.7. The van der Waals surface area contributed by atoms with E-state index in [2.05, 4.69) is 9.88 Å². The van der Waals surface area contributed by atoms with E-state index in [9.17, 15) is 4.79 Å². The highest BCUT2D eigenvalue weighted by Crippen LogP contribution is 2.23. The van der Waals surface area contributed by atoms with E-state index in [1.54, 1.807) is 12.1 Å². The highest BCUT2D eigenvalue weighted by atomic mass is 16.1. The summed E-state index contributed by atoms with van der Waals surface area (Å²) in [5.74, 6) is 0.191. The van der Waals surface area contributed by atoms with Gasteiger partial charge < -0.3 is 16.4 Å². The molecule has 1 aliphatic heterocycles. The third-order valence-corrected chi connectivity index (χ3v) is 3.31. The van der Waals surface area contributed by atoms with Crippen LogP contribution in [0.2, 0.25) is 0 Å². The normalized spacial score (nSPS) is 17.0. The second kappa shape index (κ2) is 5.71. The molecule has 0 spiro atoms. The minimum absolute atomic E-state index is 0.279. The lowest BCUT2D eigenvalue weighted by molar-refractivity contribution is 0.0995. The Morgan fingerprint density at radius 3 is 2.33 bits per heavy atom. The molecule has 1 aromatic heterocycles. The Morgan fingerprint density at radius 2 is 1.72 bits per heavy atom. The largest absolute Gasteiger partial charge is 0.396 e. The van der Waals surface area contributed by atoms with Gasteiger partial charge in [0.15, 0.2) is 5.82 Å². The lowest BCUT2D eigenvalue weighted by atomic mass is 10.1. The summed E-state index contributed by atoms with van der Waals surface area (Å²) in [4.78, 5) is 17.6. The fourth-order valence-electron chi connectivity index (χ4n) is 2.31. The fraction of sp³-hybridized carbons (Fsp3) is 0.538. The minimum Gasteiger partial charge on any atom is -0.396 e. The molecule has 2 rings (SSSR count). The standard InChI is InChI=1S/C13H20N4O/c14-10-6-7-11(12(15)18)16-13(10)17-8-4-2-1-3-5-9-17/h6-7H,1-5,8-9,14H2,(H2,15,18). The van der Waals surface area contributed by atoms with E-state index in [0.29, 0.717) is 11.5 Å². The molecule has 2 heterocycles. The summed E-state index contributed by atoms with van der Waals surface area (Å²) in [6.45, 7) is 1.89. The van der Waals surface area contributed by atoms with Gasteiger partial charge in [-0.05, 0) is 25.0 Å². The molecule has 0 atom stereocenters. The van der Waals surface area contributed by atoms with Crippen LogP contribution in [0.3, 0.4) is 0 Å². The Labute approximate surface area is 107 Å². The summed E-state index contributed by atoms with van der Waals surface area (Å²) in [7, 11) is 0. The van der Waals surface area contributed by atoms with E-state index in [1.165, 1.54) is 19.3 Å². The average molecular weight is 248 g/mol. The summed E-state index contributed by atoms with van der Waals surface area (Å²) in [5, 5.41) is 0.